The van der Waals surface area contributed by atoms with Crippen molar-refractivity contribution >= 4 is 27.6 Å². The van der Waals surface area contributed by atoms with Gasteiger partial charge in [-0.15, -0.1) is 0 Å². The Kier molecular flexibility index (Phi) is 4.76. The van der Waals surface area contributed by atoms with Crippen LogP contribution in [0.5, 0.6) is 11.5 Å². The molecule has 2 aliphatic rings. The van der Waals surface area contributed by atoms with Gasteiger partial charge in [-0.1, -0.05) is 19.8 Å². The fourth-order valence-electron chi connectivity index (χ4n) is 3.02. The lowest BCUT2D eigenvalue weighted by atomic mass is 9.86. The maximum atomic E-state index is 12.2. The molecule has 1 aromatic rings. The molecule has 0 spiro atoms. The topological polar surface area (TPSA) is 59.6 Å². The van der Waals surface area contributed by atoms with Gasteiger partial charge in [0.25, 0.3) is 0 Å². The minimum Gasteiger partial charge on any atom is -0.486 e. The first-order valence-corrected chi connectivity index (χ1v) is 8.59. The summed E-state index contributed by atoms with van der Waals surface area (Å²) in [4.78, 5) is 12.2. The predicted octanol–water partition coefficient (Wildman–Crippen LogP) is 3.92. The first-order chi connectivity index (χ1) is 10.6. The van der Waals surface area contributed by atoms with Crippen LogP contribution in [0.2, 0.25) is 0 Å². The van der Waals surface area contributed by atoms with Crippen molar-refractivity contribution in [2.24, 2.45) is 5.92 Å². The molecular formula is C16H21BrN2O3. The van der Waals surface area contributed by atoms with E-state index in [4.69, 9.17) is 9.47 Å². The molecule has 22 heavy (non-hydrogen) atoms. The van der Waals surface area contributed by atoms with Gasteiger partial charge in [0.15, 0.2) is 11.5 Å². The summed E-state index contributed by atoms with van der Waals surface area (Å²) in [6, 6.07) is 3.70. The molecule has 0 radical (unpaired) electrons. The van der Waals surface area contributed by atoms with Gasteiger partial charge in [-0.3, -0.25) is 0 Å². The summed E-state index contributed by atoms with van der Waals surface area (Å²) in [5.74, 6) is 1.89. The fraction of sp³-hybridized carbons (Fsp3) is 0.562. The quantitative estimate of drug-likeness (QED) is 0.831. The Morgan fingerprint density at radius 3 is 2.59 bits per heavy atom. The monoisotopic (exact) mass is 368 g/mol. The van der Waals surface area contributed by atoms with Crippen molar-refractivity contribution in [2.45, 2.75) is 38.6 Å². The number of amides is 2. The molecule has 1 aliphatic carbocycles. The number of ether oxygens (including phenoxy) is 2. The molecule has 5 nitrogen and oxygen atoms in total. The van der Waals surface area contributed by atoms with Gasteiger partial charge in [-0.2, -0.15) is 0 Å². The molecule has 2 atom stereocenters. The van der Waals surface area contributed by atoms with Crippen LogP contribution in [0.1, 0.15) is 32.6 Å². The average molecular weight is 369 g/mol. The smallest absolute Gasteiger partial charge is 0.319 e. The molecule has 1 aromatic carbocycles. The first-order valence-electron chi connectivity index (χ1n) is 7.80. The van der Waals surface area contributed by atoms with Crippen molar-refractivity contribution < 1.29 is 14.3 Å². The number of anilines is 1. The number of urea groups is 1. The third-order valence-corrected chi connectivity index (χ3v) is 4.96. The summed E-state index contributed by atoms with van der Waals surface area (Å²) in [7, 11) is 0. The van der Waals surface area contributed by atoms with Crippen molar-refractivity contribution in [1.29, 1.82) is 0 Å². The van der Waals surface area contributed by atoms with Crippen LogP contribution in [0.25, 0.3) is 0 Å². The van der Waals surface area contributed by atoms with Crippen LogP contribution in [0.15, 0.2) is 16.6 Å². The van der Waals surface area contributed by atoms with E-state index in [9.17, 15) is 4.79 Å². The van der Waals surface area contributed by atoms with Crippen molar-refractivity contribution in [3.8, 4) is 11.5 Å². The summed E-state index contributed by atoms with van der Waals surface area (Å²) in [5.41, 5.74) is 0.685. The van der Waals surface area contributed by atoms with E-state index >= 15 is 0 Å². The molecule has 0 saturated heterocycles. The number of nitrogens with one attached hydrogen (secondary N) is 2. The summed E-state index contributed by atoms with van der Waals surface area (Å²) >= 11 is 3.46. The zero-order valence-electron chi connectivity index (χ0n) is 12.7. The van der Waals surface area contributed by atoms with E-state index in [1.807, 2.05) is 6.07 Å². The van der Waals surface area contributed by atoms with Crippen LogP contribution in [0.4, 0.5) is 10.5 Å². The van der Waals surface area contributed by atoms with Crippen LogP contribution in [-0.4, -0.2) is 25.3 Å². The highest BCUT2D eigenvalue weighted by molar-refractivity contribution is 9.10. The minimum absolute atomic E-state index is 0.170. The summed E-state index contributed by atoms with van der Waals surface area (Å²) in [5, 5.41) is 5.98. The molecule has 2 amide bonds. The van der Waals surface area contributed by atoms with Crippen molar-refractivity contribution in [2.75, 3.05) is 18.5 Å². The molecule has 1 aliphatic heterocycles. The lowest BCUT2D eigenvalue weighted by Crippen LogP contribution is -2.43. The molecular weight excluding hydrogens is 348 g/mol. The van der Waals surface area contributed by atoms with Crippen LogP contribution in [0, 0.1) is 5.92 Å². The summed E-state index contributed by atoms with van der Waals surface area (Å²) in [6.07, 6.45) is 4.67. The molecule has 1 fully saturated rings. The van der Waals surface area contributed by atoms with E-state index in [1.54, 1.807) is 6.07 Å². The molecule has 3 rings (SSSR count). The number of halogens is 1. The SMILES string of the molecule is C[C@H]1CCCC[C@H]1NC(=O)Nc1cc2c(cc1Br)OCCO2. The van der Waals surface area contributed by atoms with Crippen LogP contribution in [-0.2, 0) is 0 Å². The van der Waals surface area contributed by atoms with E-state index in [0.717, 1.165) is 10.9 Å². The van der Waals surface area contributed by atoms with Gasteiger partial charge in [-0.25, -0.2) is 4.79 Å². The van der Waals surface area contributed by atoms with Crippen molar-refractivity contribution in [3.05, 3.63) is 16.6 Å². The van der Waals surface area contributed by atoms with E-state index in [1.165, 1.54) is 19.3 Å². The second-order valence-corrected chi connectivity index (χ2v) is 6.80. The number of benzene rings is 1. The first kappa shape index (κ1) is 15.5. The predicted molar refractivity (Wildman–Crippen MR) is 88.7 cm³/mol. The largest absolute Gasteiger partial charge is 0.486 e. The Hall–Kier alpha value is -1.43. The van der Waals surface area contributed by atoms with Crippen LogP contribution < -0.4 is 20.1 Å². The van der Waals surface area contributed by atoms with Crippen LogP contribution in [0.3, 0.4) is 0 Å². The highest BCUT2D eigenvalue weighted by Crippen LogP contribution is 2.38. The number of carbonyl (C=O) groups excluding carboxylic acids is 1. The highest BCUT2D eigenvalue weighted by Gasteiger charge is 2.23. The lowest BCUT2D eigenvalue weighted by molar-refractivity contribution is 0.171. The lowest BCUT2D eigenvalue weighted by Gasteiger charge is -2.29. The van der Waals surface area contributed by atoms with Crippen molar-refractivity contribution in [3.63, 3.8) is 0 Å². The molecule has 1 saturated carbocycles. The second-order valence-electron chi connectivity index (χ2n) is 5.94. The maximum Gasteiger partial charge on any atom is 0.319 e. The third-order valence-electron chi connectivity index (χ3n) is 4.31. The zero-order chi connectivity index (χ0) is 15.5. The minimum atomic E-state index is -0.170. The van der Waals surface area contributed by atoms with Crippen molar-refractivity contribution in [1.82, 2.24) is 5.32 Å². The summed E-state index contributed by atoms with van der Waals surface area (Å²) in [6.45, 7) is 3.27. The standard InChI is InChI=1S/C16H21BrN2O3/c1-10-4-2-3-5-12(10)18-16(20)19-13-9-15-14(8-11(13)17)21-6-7-22-15/h8-10,12H,2-7H2,1H3,(H2,18,19,20)/t10-,12+/m0/s1. The number of carbonyl (C=O) groups is 1. The van der Waals surface area contributed by atoms with Gasteiger partial charge in [0, 0.05) is 22.6 Å². The van der Waals surface area contributed by atoms with Gasteiger partial charge >= 0.3 is 6.03 Å². The Bertz CT molecular complexity index is 565. The van der Waals surface area contributed by atoms with E-state index in [-0.39, 0.29) is 12.1 Å². The van der Waals surface area contributed by atoms with Gasteiger partial charge in [0.2, 0.25) is 0 Å². The molecule has 120 valence electrons. The molecule has 6 heteroatoms. The molecule has 0 unspecified atom stereocenters. The Balaban J connectivity index is 1.66. The number of fused-ring (bicyclic) bond motifs is 1. The molecule has 0 aromatic heterocycles. The second kappa shape index (κ2) is 6.77. The Morgan fingerprint density at radius 2 is 1.86 bits per heavy atom. The van der Waals surface area contributed by atoms with E-state index in [0.29, 0.717) is 36.3 Å². The van der Waals surface area contributed by atoms with Crippen LogP contribution >= 0.6 is 15.9 Å². The molecule has 1 heterocycles. The highest BCUT2D eigenvalue weighted by atomic mass is 79.9. The Labute approximate surface area is 138 Å². The number of rotatable bonds is 2. The maximum absolute atomic E-state index is 12.2. The average Bonchev–Trinajstić information content (AvgIpc) is 2.50. The fourth-order valence-corrected chi connectivity index (χ4v) is 3.44. The summed E-state index contributed by atoms with van der Waals surface area (Å²) < 4.78 is 11.8. The molecule has 0 bridgehead atoms. The van der Waals surface area contributed by atoms with Gasteiger partial charge < -0.3 is 20.1 Å². The van der Waals surface area contributed by atoms with E-state index < -0.39 is 0 Å². The van der Waals surface area contributed by atoms with Gasteiger partial charge in [0.05, 0.1) is 5.69 Å². The molecule has 2 N–H and O–H groups in total. The van der Waals surface area contributed by atoms with Gasteiger partial charge in [-0.05, 0) is 34.7 Å². The number of hydrogen-bond acceptors (Lipinski definition) is 3. The Morgan fingerprint density at radius 1 is 1.18 bits per heavy atom. The normalized spacial score (nSPS) is 23.7. The van der Waals surface area contributed by atoms with E-state index in [2.05, 4.69) is 33.5 Å². The third kappa shape index (κ3) is 3.48. The number of hydrogen-bond donors (Lipinski definition) is 2. The van der Waals surface area contributed by atoms with Gasteiger partial charge in [0.1, 0.15) is 13.2 Å². The zero-order valence-corrected chi connectivity index (χ0v) is 14.2.